The van der Waals surface area contributed by atoms with E-state index >= 15 is 0 Å². The van der Waals surface area contributed by atoms with Gasteiger partial charge >= 0.3 is 6.03 Å². The van der Waals surface area contributed by atoms with E-state index in [-0.39, 0.29) is 35.8 Å². The molecule has 11 heteroatoms. The Labute approximate surface area is 208 Å². The molecule has 198 valence electrons. The summed E-state index contributed by atoms with van der Waals surface area (Å²) in [5.74, 6) is -0.637. The number of carbonyl (C=O) groups excluding carboxylic acids is 5. The number of nitrogens with two attached hydrogens (primary N) is 1. The number of rotatable bonds is 15. The van der Waals surface area contributed by atoms with Crippen molar-refractivity contribution in [2.75, 3.05) is 19.0 Å². The Balaban J connectivity index is 0. The van der Waals surface area contributed by atoms with Crippen molar-refractivity contribution in [1.29, 1.82) is 0 Å². The number of unbranched alkanes of at least 4 members (excludes halogenated alkanes) is 1. The van der Waals surface area contributed by atoms with Crippen molar-refractivity contribution in [2.24, 2.45) is 17.6 Å². The van der Waals surface area contributed by atoms with Crippen LogP contribution in [0.3, 0.4) is 0 Å². The SMILES string of the molecule is CC(=O)[C@H](CCCNC(N)=O)NC(=O)C(NC(=O)CCCCNC(=O)CCl)C(C)C.CC(C)C. The van der Waals surface area contributed by atoms with Crippen molar-refractivity contribution in [3.63, 3.8) is 0 Å². The van der Waals surface area contributed by atoms with E-state index in [1.807, 2.05) is 0 Å². The maximum absolute atomic E-state index is 12.6. The number of primary amides is 1. The fraction of sp³-hybridized carbons (Fsp3) is 0.783. The van der Waals surface area contributed by atoms with Gasteiger partial charge < -0.3 is 27.0 Å². The van der Waals surface area contributed by atoms with Gasteiger partial charge in [-0.15, -0.1) is 11.6 Å². The highest BCUT2D eigenvalue weighted by atomic mass is 35.5. The molecule has 0 aliphatic carbocycles. The number of alkyl halides is 1. The first-order chi connectivity index (χ1) is 15.8. The van der Waals surface area contributed by atoms with Crippen LogP contribution in [0.2, 0.25) is 0 Å². The van der Waals surface area contributed by atoms with Gasteiger partial charge in [0.15, 0.2) is 5.78 Å². The number of urea groups is 1. The molecule has 0 aromatic carbocycles. The summed E-state index contributed by atoms with van der Waals surface area (Å²) in [5, 5.41) is 10.4. The molecule has 0 heterocycles. The molecular weight excluding hydrogens is 462 g/mol. The van der Waals surface area contributed by atoms with Gasteiger partial charge in [0.25, 0.3) is 0 Å². The summed E-state index contributed by atoms with van der Waals surface area (Å²) in [5.41, 5.74) is 4.99. The topological polar surface area (TPSA) is 159 Å². The lowest BCUT2D eigenvalue weighted by Gasteiger charge is -2.24. The number of ketones is 1. The standard InChI is InChI=1S/C19H34ClN5O5.C4H10/c1-12(2)17(25-15(27)8-4-5-9-22-16(28)11-20)18(29)24-14(13(3)26)7-6-10-23-19(21)30;1-4(2)3/h12,14,17H,4-11H2,1-3H3,(H,22,28)(H,24,29)(H,25,27)(H3,21,23,30);4H,1-3H3/t14-,17?;/m0./s1. The van der Waals surface area contributed by atoms with Gasteiger partial charge in [0.1, 0.15) is 11.9 Å². The summed E-state index contributed by atoms with van der Waals surface area (Å²) in [6.45, 7) is 12.2. The van der Waals surface area contributed by atoms with Crippen molar-refractivity contribution in [2.45, 2.75) is 85.7 Å². The molecule has 0 aromatic heterocycles. The van der Waals surface area contributed by atoms with E-state index in [0.717, 1.165) is 5.92 Å². The fourth-order valence-corrected chi connectivity index (χ4v) is 2.72. The molecule has 0 saturated heterocycles. The molecule has 2 atom stereocenters. The van der Waals surface area contributed by atoms with Gasteiger partial charge in [0, 0.05) is 19.5 Å². The van der Waals surface area contributed by atoms with Crippen LogP contribution in [0.1, 0.15) is 73.6 Å². The van der Waals surface area contributed by atoms with Crippen LogP contribution in [0.4, 0.5) is 4.79 Å². The first kappa shape index (κ1) is 33.8. The second-order valence-corrected chi connectivity index (χ2v) is 9.33. The average molecular weight is 506 g/mol. The Morgan fingerprint density at radius 2 is 1.38 bits per heavy atom. The third-order valence-corrected chi connectivity index (χ3v) is 4.56. The smallest absolute Gasteiger partial charge is 0.312 e. The van der Waals surface area contributed by atoms with Gasteiger partial charge in [0.2, 0.25) is 17.7 Å². The number of halogens is 1. The minimum atomic E-state index is -0.779. The Kier molecular flexibility index (Phi) is 19.9. The zero-order chi connectivity index (χ0) is 26.7. The maximum atomic E-state index is 12.6. The first-order valence-corrected chi connectivity index (χ1v) is 12.3. The number of hydrogen-bond acceptors (Lipinski definition) is 5. The lowest BCUT2D eigenvalue weighted by Crippen LogP contribution is -2.53. The highest BCUT2D eigenvalue weighted by Gasteiger charge is 2.27. The zero-order valence-corrected chi connectivity index (χ0v) is 22.2. The molecule has 0 rings (SSSR count). The molecule has 1 unspecified atom stereocenters. The summed E-state index contributed by atoms with van der Waals surface area (Å²) in [6, 6.07) is -2.14. The molecule has 0 bridgehead atoms. The molecular formula is C23H44ClN5O5. The summed E-state index contributed by atoms with van der Waals surface area (Å²) in [6.07, 6.45) is 2.17. The second-order valence-electron chi connectivity index (χ2n) is 9.07. The minimum absolute atomic E-state index is 0.103. The van der Waals surface area contributed by atoms with Crippen molar-refractivity contribution in [3.8, 4) is 0 Å². The van der Waals surface area contributed by atoms with Gasteiger partial charge in [-0.25, -0.2) is 4.79 Å². The van der Waals surface area contributed by atoms with Crippen LogP contribution >= 0.6 is 11.6 Å². The van der Waals surface area contributed by atoms with Crippen LogP contribution in [-0.4, -0.2) is 60.6 Å². The van der Waals surface area contributed by atoms with Crippen molar-refractivity contribution in [3.05, 3.63) is 0 Å². The van der Waals surface area contributed by atoms with Crippen molar-refractivity contribution >= 4 is 41.1 Å². The number of amides is 5. The number of nitrogens with one attached hydrogen (secondary N) is 4. The monoisotopic (exact) mass is 505 g/mol. The molecule has 5 amide bonds. The molecule has 6 N–H and O–H groups in total. The van der Waals surface area contributed by atoms with Gasteiger partial charge in [-0.05, 0) is 44.4 Å². The minimum Gasteiger partial charge on any atom is -0.355 e. The van der Waals surface area contributed by atoms with Crippen molar-refractivity contribution < 1.29 is 24.0 Å². The van der Waals surface area contributed by atoms with Crippen LogP contribution in [0.15, 0.2) is 0 Å². The predicted molar refractivity (Wildman–Crippen MR) is 134 cm³/mol. The van der Waals surface area contributed by atoms with Crippen LogP contribution in [0, 0.1) is 11.8 Å². The molecule has 0 spiro atoms. The second kappa shape index (κ2) is 20.1. The average Bonchev–Trinajstić information content (AvgIpc) is 2.72. The normalized spacial score (nSPS) is 12.1. The van der Waals surface area contributed by atoms with E-state index in [4.69, 9.17) is 17.3 Å². The Bertz CT molecular complexity index is 640. The van der Waals surface area contributed by atoms with Gasteiger partial charge in [-0.2, -0.15) is 0 Å². The van der Waals surface area contributed by atoms with Crippen LogP contribution in [0.25, 0.3) is 0 Å². The van der Waals surface area contributed by atoms with Gasteiger partial charge in [0.05, 0.1) is 6.04 Å². The van der Waals surface area contributed by atoms with Gasteiger partial charge in [-0.3, -0.25) is 19.2 Å². The van der Waals surface area contributed by atoms with E-state index in [2.05, 4.69) is 42.0 Å². The predicted octanol–water partition coefficient (Wildman–Crippen LogP) is 1.84. The summed E-state index contributed by atoms with van der Waals surface area (Å²) in [4.78, 5) is 58.4. The molecule has 34 heavy (non-hydrogen) atoms. The quantitative estimate of drug-likeness (QED) is 0.169. The summed E-state index contributed by atoms with van der Waals surface area (Å²) >= 11 is 5.38. The number of hydrogen-bond donors (Lipinski definition) is 5. The summed E-state index contributed by atoms with van der Waals surface area (Å²) < 4.78 is 0. The molecule has 0 saturated carbocycles. The van der Waals surface area contributed by atoms with Crippen LogP contribution in [-0.2, 0) is 19.2 Å². The van der Waals surface area contributed by atoms with Gasteiger partial charge in [-0.1, -0.05) is 34.6 Å². The van der Waals surface area contributed by atoms with E-state index in [1.165, 1.54) is 6.92 Å². The maximum Gasteiger partial charge on any atom is 0.312 e. The highest BCUT2D eigenvalue weighted by molar-refractivity contribution is 6.27. The third kappa shape index (κ3) is 20.3. The van der Waals surface area contributed by atoms with Crippen molar-refractivity contribution in [1.82, 2.24) is 21.3 Å². The van der Waals surface area contributed by atoms with E-state index in [0.29, 0.717) is 38.8 Å². The van der Waals surface area contributed by atoms with Crippen LogP contribution in [0.5, 0.6) is 0 Å². The lowest BCUT2D eigenvalue weighted by molar-refractivity contribution is -0.132. The molecule has 10 nitrogen and oxygen atoms in total. The largest absolute Gasteiger partial charge is 0.355 e. The fourth-order valence-electron chi connectivity index (χ4n) is 2.62. The Hall–Kier alpha value is -2.36. The van der Waals surface area contributed by atoms with E-state index in [9.17, 15) is 24.0 Å². The lowest BCUT2D eigenvalue weighted by atomic mass is 10.0. The summed E-state index contributed by atoms with van der Waals surface area (Å²) in [7, 11) is 0. The van der Waals surface area contributed by atoms with E-state index < -0.39 is 24.0 Å². The molecule has 0 aliphatic rings. The number of Topliss-reactive ketones (excluding diaryl/α,β-unsaturated/α-hetero) is 1. The Morgan fingerprint density at radius 3 is 1.85 bits per heavy atom. The third-order valence-electron chi connectivity index (χ3n) is 4.32. The molecule has 0 fully saturated rings. The highest BCUT2D eigenvalue weighted by Crippen LogP contribution is 2.06. The molecule has 0 aromatic rings. The van der Waals surface area contributed by atoms with Crippen LogP contribution < -0.4 is 27.0 Å². The molecule has 0 aliphatic heterocycles. The molecule has 0 radical (unpaired) electrons. The first-order valence-electron chi connectivity index (χ1n) is 11.8. The Morgan fingerprint density at radius 1 is 0.824 bits per heavy atom. The zero-order valence-electron chi connectivity index (χ0n) is 21.5. The van der Waals surface area contributed by atoms with E-state index in [1.54, 1.807) is 13.8 Å². The number of carbonyl (C=O) groups is 5.